The summed E-state index contributed by atoms with van der Waals surface area (Å²) in [5.74, 6) is 1.51. The second-order valence-corrected chi connectivity index (χ2v) is 7.81. The van der Waals surface area contributed by atoms with Crippen LogP contribution in [0.2, 0.25) is 0 Å². The Labute approximate surface area is 192 Å². The summed E-state index contributed by atoms with van der Waals surface area (Å²) in [6.07, 6.45) is 3.42. The number of rotatable bonds is 9. The zero-order valence-electron chi connectivity index (χ0n) is 20.2. The highest BCUT2D eigenvalue weighted by atomic mass is 16.5. The summed E-state index contributed by atoms with van der Waals surface area (Å²) in [5.41, 5.74) is 5.09. The maximum atomic E-state index is 13.3. The summed E-state index contributed by atoms with van der Waals surface area (Å²) in [5, 5.41) is 3.40. The van der Waals surface area contributed by atoms with Gasteiger partial charge in [0.15, 0.2) is 0 Å². The largest absolute Gasteiger partial charge is 0.495 e. The first kappa shape index (κ1) is 24.9. The highest BCUT2D eigenvalue weighted by molar-refractivity contribution is 5.98. The summed E-state index contributed by atoms with van der Waals surface area (Å²) in [6, 6.07) is 13.6. The monoisotopic (exact) mass is 433 g/mol. The topological polar surface area (TPSA) is 53.9 Å². The van der Waals surface area contributed by atoms with Crippen molar-refractivity contribution in [3.8, 4) is 5.75 Å². The first-order valence-corrected chi connectivity index (χ1v) is 11.0. The van der Waals surface area contributed by atoms with Crippen LogP contribution in [0, 0.1) is 13.8 Å². The quantitative estimate of drug-likeness (QED) is 0.279. The first-order valence-electron chi connectivity index (χ1n) is 11.0. The van der Waals surface area contributed by atoms with Gasteiger partial charge in [0.1, 0.15) is 11.6 Å². The number of nitrogens with one attached hydrogen (secondary N) is 1. The average Bonchev–Trinajstić information content (AvgIpc) is 2.77. The number of anilines is 1. The van der Waals surface area contributed by atoms with Gasteiger partial charge in [-0.3, -0.25) is 4.79 Å². The molecule has 1 amide bonds. The Morgan fingerprint density at radius 3 is 2.50 bits per heavy atom. The molecule has 5 heteroatoms. The van der Waals surface area contributed by atoms with Gasteiger partial charge < -0.3 is 15.0 Å². The molecule has 0 heterocycles. The van der Waals surface area contributed by atoms with Gasteiger partial charge in [-0.2, -0.15) is 0 Å². The molecular formula is C27H35N3O2. The van der Waals surface area contributed by atoms with Crippen molar-refractivity contribution in [3.63, 3.8) is 0 Å². The molecule has 0 radical (unpaired) electrons. The molecule has 0 unspecified atom stereocenters. The van der Waals surface area contributed by atoms with Crippen LogP contribution in [-0.4, -0.2) is 30.3 Å². The molecule has 0 fully saturated rings. The minimum atomic E-state index is -0.0553. The number of ether oxygens (including phenoxy) is 1. The molecule has 2 rings (SSSR count). The zero-order chi connectivity index (χ0) is 23.7. The maximum absolute atomic E-state index is 13.3. The fourth-order valence-corrected chi connectivity index (χ4v) is 3.38. The fourth-order valence-electron chi connectivity index (χ4n) is 3.38. The number of carbonyl (C=O) groups excluding carboxylic acids is 1. The predicted octanol–water partition coefficient (Wildman–Crippen LogP) is 6.50. The van der Waals surface area contributed by atoms with Crippen molar-refractivity contribution in [1.82, 2.24) is 4.90 Å². The molecule has 0 aliphatic carbocycles. The number of likely N-dealkylation sites (N-methyl/N-ethyl adjacent to an activating group) is 1. The van der Waals surface area contributed by atoms with Crippen LogP contribution in [0.4, 0.5) is 5.69 Å². The highest BCUT2D eigenvalue weighted by Gasteiger charge is 2.20. The Bertz CT molecular complexity index is 1020. The van der Waals surface area contributed by atoms with Crippen LogP contribution in [0.25, 0.3) is 0 Å². The SMILES string of the molecule is C=C(C)/C(=C\N=C(CCC)Nc1ccc(C)cc1OC)N(CC)C(=O)c1ccccc1C. The van der Waals surface area contributed by atoms with E-state index in [1.807, 2.05) is 70.2 Å². The van der Waals surface area contributed by atoms with Crippen molar-refractivity contribution in [3.05, 3.63) is 83.2 Å². The Morgan fingerprint density at radius 1 is 1.19 bits per heavy atom. The number of allylic oxidation sites excluding steroid dienone is 1. The third kappa shape index (κ3) is 6.33. The van der Waals surface area contributed by atoms with Gasteiger partial charge in [-0.05, 0) is 69.0 Å². The average molecular weight is 434 g/mol. The fraction of sp³-hybridized carbons (Fsp3) is 0.333. The van der Waals surface area contributed by atoms with Gasteiger partial charge in [0.05, 0.1) is 24.7 Å². The van der Waals surface area contributed by atoms with E-state index in [-0.39, 0.29) is 5.91 Å². The van der Waals surface area contributed by atoms with E-state index in [0.717, 1.165) is 46.8 Å². The molecule has 0 atom stereocenters. The lowest BCUT2D eigenvalue weighted by molar-refractivity contribution is 0.0814. The van der Waals surface area contributed by atoms with Gasteiger partial charge >= 0.3 is 0 Å². The molecule has 0 saturated heterocycles. The second kappa shape index (κ2) is 11.9. The normalized spacial score (nSPS) is 11.8. The molecular weight excluding hydrogens is 398 g/mol. The van der Waals surface area contributed by atoms with E-state index in [2.05, 4.69) is 18.8 Å². The van der Waals surface area contributed by atoms with E-state index in [0.29, 0.717) is 17.8 Å². The third-order valence-electron chi connectivity index (χ3n) is 5.13. The van der Waals surface area contributed by atoms with E-state index >= 15 is 0 Å². The first-order chi connectivity index (χ1) is 15.3. The summed E-state index contributed by atoms with van der Waals surface area (Å²) < 4.78 is 5.52. The van der Waals surface area contributed by atoms with E-state index in [1.54, 1.807) is 18.2 Å². The lowest BCUT2D eigenvalue weighted by Gasteiger charge is -2.25. The highest BCUT2D eigenvalue weighted by Crippen LogP contribution is 2.26. The van der Waals surface area contributed by atoms with Gasteiger partial charge in [-0.15, -0.1) is 0 Å². The van der Waals surface area contributed by atoms with Crippen molar-refractivity contribution in [2.75, 3.05) is 19.0 Å². The third-order valence-corrected chi connectivity index (χ3v) is 5.13. The number of nitrogens with zero attached hydrogens (tertiary/aromatic N) is 2. The van der Waals surface area contributed by atoms with Crippen molar-refractivity contribution in [2.24, 2.45) is 4.99 Å². The van der Waals surface area contributed by atoms with Gasteiger partial charge in [-0.25, -0.2) is 4.99 Å². The molecule has 0 saturated carbocycles. The van der Waals surface area contributed by atoms with Gasteiger partial charge in [0.25, 0.3) is 5.91 Å². The van der Waals surface area contributed by atoms with E-state index in [1.165, 1.54) is 0 Å². The van der Waals surface area contributed by atoms with Crippen molar-refractivity contribution < 1.29 is 9.53 Å². The Morgan fingerprint density at radius 2 is 1.91 bits per heavy atom. The molecule has 2 aromatic carbocycles. The molecule has 0 aliphatic heterocycles. The molecule has 5 nitrogen and oxygen atoms in total. The predicted molar refractivity (Wildman–Crippen MR) is 134 cm³/mol. The molecule has 0 aromatic heterocycles. The number of hydrogen-bond donors (Lipinski definition) is 1. The zero-order valence-corrected chi connectivity index (χ0v) is 20.2. The number of amides is 1. The minimum absolute atomic E-state index is 0.0553. The van der Waals surface area contributed by atoms with Crippen LogP contribution >= 0.6 is 0 Å². The number of methoxy groups -OCH3 is 1. The molecule has 0 spiro atoms. The van der Waals surface area contributed by atoms with Crippen LogP contribution in [0.15, 0.2) is 71.5 Å². The minimum Gasteiger partial charge on any atom is -0.495 e. The van der Waals surface area contributed by atoms with Crippen LogP contribution in [0.3, 0.4) is 0 Å². The molecule has 170 valence electrons. The summed E-state index contributed by atoms with van der Waals surface area (Å²) in [7, 11) is 1.66. The smallest absolute Gasteiger partial charge is 0.258 e. The van der Waals surface area contributed by atoms with Crippen LogP contribution in [0.1, 0.15) is 55.1 Å². The van der Waals surface area contributed by atoms with E-state index in [4.69, 9.17) is 9.73 Å². The summed E-state index contributed by atoms with van der Waals surface area (Å²) in [4.78, 5) is 19.7. The summed E-state index contributed by atoms with van der Waals surface area (Å²) in [6.45, 7) is 14.5. The number of hydrogen-bond acceptors (Lipinski definition) is 3. The number of aryl methyl sites for hydroxylation is 2. The van der Waals surface area contributed by atoms with Crippen LogP contribution < -0.4 is 10.1 Å². The van der Waals surface area contributed by atoms with Gasteiger partial charge in [0.2, 0.25) is 0 Å². The molecule has 0 bridgehead atoms. The number of amidine groups is 1. The Hall–Kier alpha value is -3.34. The standard InChI is InChI=1S/C27H35N3O2/c1-8-12-26(29-23-16-15-20(5)17-25(23)32-7)28-18-24(19(3)4)30(9-2)27(31)22-14-11-10-13-21(22)6/h10-11,13-18H,3,8-9,12H2,1-2,4-7H3,(H,28,29)/b24-18+. The molecule has 2 aromatic rings. The van der Waals surface area contributed by atoms with Crippen molar-refractivity contribution in [2.45, 2.75) is 47.5 Å². The van der Waals surface area contributed by atoms with Crippen LogP contribution in [-0.2, 0) is 0 Å². The van der Waals surface area contributed by atoms with Crippen LogP contribution in [0.5, 0.6) is 5.75 Å². The van der Waals surface area contributed by atoms with Gasteiger partial charge in [0, 0.05) is 18.5 Å². The lowest BCUT2D eigenvalue weighted by atomic mass is 10.1. The van der Waals surface area contributed by atoms with Gasteiger partial charge in [-0.1, -0.05) is 37.8 Å². The van der Waals surface area contributed by atoms with Crippen molar-refractivity contribution >= 4 is 17.4 Å². The Kier molecular flexibility index (Phi) is 9.26. The Balaban J connectivity index is 2.42. The number of benzene rings is 2. The van der Waals surface area contributed by atoms with E-state index in [9.17, 15) is 4.79 Å². The molecule has 32 heavy (non-hydrogen) atoms. The lowest BCUT2D eigenvalue weighted by Crippen LogP contribution is -2.31. The molecule has 0 aliphatic rings. The van der Waals surface area contributed by atoms with Crippen molar-refractivity contribution in [1.29, 1.82) is 0 Å². The maximum Gasteiger partial charge on any atom is 0.258 e. The van der Waals surface area contributed by atoms with E-state index < -0.39 is 0 Å². The second-order valence-electron chi connectivity index (χ2n) is 7.81. The summed E-state index contributed by atoms with van der Waals surface area (Å²) >= 11 is 0. The number of aliphatic imine (C=N–C) groups is 1. The number of carbonyl (C=O) groups is 1. The molecule has 1 N–H and O–H groups in total.